The summed E-state index contributed by atoms with van der Waals surface area (Å²) < 4.78 is 0. The summed E-state index contributed by atoms with van der Waals surface area (Å²) in [4.78, 5) is 37.3. The summed E-state index contributed by atoms with van der Waals surface area (Å²) in [6.07, 6.45) is 2.86. The summed E-state index contributed by atoms with van der Waals surface area (Å²) in [7, 11) is 0. The van der Waals surface area contributed by atoms with Gasteiger partial charge in [0, 0.05) is 12.0 Å². The number of nitrogens with zero attached hydrogens (tertiary/aromatic N) is 1. The second-order valence-electron chi connectivity index (χ2n) is 5.95. The molecule has 1 saturated heterocycles. The number of piperazine rings is 1. The van der Waals surface area contributed by atoms with Crippen LogP contribution in [0.3, 0.4) is 0 Å². The molecule has 3 N–H and O–H groups in total. The number of nitrogens with one attached hydrogen (secondary N) is 1. The average molecular weight is 281 g/mol. The first-order valence-corrected chi connectivity index (χ1v) is 7.33. The summed E-state index contributed by atoms with van der Waals surface area (Å²) >= 11 is 0. The van der Waals surface area contributed by atoms with Crippen molar-refractivity contribution in [1.29, 1.82) is 0 Å². The molecule has 2 rings (SSSR count). The predicted octanol–water partition coefficient (Wildman–Crippen LogP) is 0.0135. The van der Waals surface area contributed by atoms with E-state index in [1.807, 2.05) is 6.92 Å². The molecule has 1 aliphatic heterocycles. The Morgan fingerprint density at radius 3 is 2.70 bits per heavy atom. The van der Waals surface area contributed by atoms with Gasteiger partial charge in [-0.05, 0) is 31.6 Å². The van der Waals surface area contributed by atoms with E-state index in [-0.39, 0.29) is 30.3 Å². The normalized spacial score (nSPS) is 34.9. The van der Waals surface area contributed by atoms with Crippen molar-refractivity contribution in [3.05, 3.63) is 0 Å². The number of hydrogen-bond donors (Lipinski definition) is 2. The van der Waals surface area contributed by atoms with E-state index in [1.165, 1.54) is 4.90 Å². The first-order valence-electron chi connectivity index (χ1n) is 7.33. The molecule has 0 aromatic heterocycles. The molecular formula is C14H23N3O3. The molecule has 2 aliphatic rings. The Hall–Kier alpha value is -1.43. The molecule has 4 atom stereocenters. The van der Waals surface area contributed by atoms with E-state index in [0.29, 0.717) is 18.8 Å². The summed E-state index contributed by atoms with van der Waals surface area (Å²) in [6, 6.07) is -0.511. The Kier molecular flexibility index (Phi) is 4.42. The minimum Gasteiger partial charge on any atom is -0.327 e. The van der Waals surface area contributed by atoms with E-state index in [0.717, 1.165) is 12.8 Å². The Bertz CT molecular complexity index is 424. The Morgan fingerprint density at radius 2 is 2.10 bits per heavy atom. The molecule has 0 aromatic carbocycles. The van der Waals surface area contributed by atoms with Crippen molar-refractivity contribution in [1.82, 2.24) is 10.2 Å². The first kappa shape index (κ1) is 15.0. The van der Waals surface area contributed by atoms with Crippen LogP contribution in [0.15, 0.2) is 0 Å². The van der Waals surface area contributed by atoms with E-state index >= 15 is 0 Å². The second-order valence-corrected chi connectivity index (χ2v) is 5.95. The Morgan fingerprint density at radius 1 is 1.40 bits per heavy atom. The maximum Gasteiger partial charge on any atom is 0.249 e. The lowest BCUT2D eigenvalue weighted by Crippen LogP contribution is -2.61. The maximum absolute atomic E-state index is 12.6. The van der Waals surface area contributed by atoms with Gasteiger partial charge in [0.1, 0.15) is 12.6 Å². The number of rotatable bonds is 2. The highest BCUT2D eigenvalue weighted by atomic mass is 16.2. The Labute approximate surface area is 119 Å². The van der Waals surface area contributed by atoms with Crippen molar-refractivity contribution in [3.63, 3.8) is 0 Å². The lowest BCUT2D eigenvalue weighted by atomic mass is 9.79. The molecule has 1 aliphatic carbocycles. The summed E-state index contributed by atoms with van der Waals surface area (Å²) in [5, 5.41) is 2.29. The van der Waals surface area contributed by atoms with Crippen molar-refractivity contribution < 1.29 is 14.4 Å². The standard InChI is InChI=1S/C14H23N3O3/c1-3-11-13(19)16-12(18)7-17(11)14(20)9-5-4-8(2)10(15)6-9/h8-11H,3-7,15H2,1-2H3,(H,16,18,19). The van der Waals surface area contributed by atoms with Crippen LogP contribution in [0.1, 0.15) is 39.5 Å². The minimum atomic E-state index is -0.532. The van der Waals surface area contributed by atoms with Crippen molar-refractivity contribution in [3.8, 4) is 0 Å². The van der Waals surface area contributed by atoms with Gasteiger partial charge in [0.2, 0.25) is 17.7 Å². The molecule has 0 radical (unpaired) electrons. The van der Waals surface area contributed by atoms with Crippen molar-refractivity contribution in [2.24, 2.45) is 17.6 Å². The lowest BCUT2D eigenvalue weighted by Gasteiger charge is -2.38. The monoisotopic (exact) mass is 281 g/mol. The van der Waals surface area contributed by atoms with E-state index < -0.39 is 11.9 Å². The van der Waals surface area contributed by atoms with Crippen LogP contribution in [0.5, 0.6) is 0 Å². The fourth-order valence-corrected chi connectivity index (χ4v) is 3.12. The smallest absolute Gasteiger partial charge is 0.249 e. The lowest BCUT2D eigenvalue weighted by molar-refractivity contribution is -0.153. The number of nitrogens with two attached hydrogens (primary N) is 1. The molecule has 1 saturated carbocycles. The molecule has 112 valence electrons. The fourth-order valence-electron chi connectivity index (χ4n) is 3.12. The van der Waals surface area contributed by atoms with Crippen LogP contribution in [0.4, 0.5) is 0 Å². The van der Waals surface area contributed by atoms with Crippen LogP contribution < -0.4 is 11.1 Å². The van der Waals surface area contributed by atoms with E-state index in [4.69, 9.17) is 5.73 Å². The highest BCUT2D eigenvalue weighted by molar-refractivity contribution is 6.04. The number of amides is 3. The highest BCUT2D eigenvalue weighted by Crippen LogP contribution is 2.30. The van der Waals surface area contributed by atoms with Crippen LogP contribution >= 0.6 is 0 Å². The van der Waals surface area contributed by atoms with Gasteiger partial charge in [-0.25, -0.2) is 0 Å². The predicted molar refractivity (Wildman–Crippen MR) is 73.4 cm³/mol. The molecule has 1 heterocycles. The van der Waals surface area contributed by atoms with Crippen LogP contribution in [0, 0.1) is 11.8 Å². The van der Waals surface area contributed by atoms with Gasteiger partial charge in [-0.3, -0.25) is 19.7 Å². The number of carbonyl (C=O) groups excluding carboxylic acids is 3. The maximum atomic E-state index is 12.6. The molecule has 6 heteroatoms. The summed E-state index contributed by atoms with van der Waals surface area (Å²) in [5.74, 6) is -0.601. The Balaban J connectivity index is 2.10. The van der Waals surface area contributed by atoms with Crippen LogP contribution in [0.25, 0.3) is 0 Å². The zero-order valence-electron chi connectivity index (χ0n) is 12.1. The SMILES string of the molecule is CCC1C(=O)NC(=O)CN1C(=O)C1CCC(C)C(N)C1. The average Bonchev–Trinajstić information content (AvgIpc) is 2.40. The molecule has 20 heavy (non-hydrogen) atoms. The highest BCUT2D eigenvalue weighted by Gasteiger charge is 2.39. The first-order chi connectivity index (χ1) is 9.43. The number of carbonyl (C=O) groups is 3. The van der Waals surface area contributed by atoms with Gasteiger partial charge in [0.05, 0.1) is 0 Å². The molecule has 6 nitrogen and oxygen atoms in total. The second kappa shape index (κ2) is 5.91. The molecule has 2 fully saturated rings. The van der Waals surface area contributed by atoms with Gasteiger partial charge in [0.15, 0.2) is 0 Å². The van der Waals surface area contributed by atoms with Gasteiger partial charge < -0.3 is 10.6 Å². The summed E-state index contributed by atoms with van der Waals surface area (Å²) in [6.45, 7) is 3.91. The zero-order valence-corrected chi connectivity index (χ0v) is 12.1. The zero-order chi connectivity index (χ0) is 14.9. The van der Waals surface area contributed by atoms with E-state index in [2.05, 4.69) is 12.2 Å². The van der Waals surface area contributed by atoms with E-state index in [9.17, 15) is 14.4 Å². The summed E-state index contributed by atoms with van der Waals surface area (Å²) in [5.41, 5.74) is 6.04. The number of imide groups is 1. The van der Waals surface area contributed by atoms with Crippen LogP contribution in [-0.2, 0) is 14.4 Å². The molecule has 0 aromatic rings. The van der Waals surface area contributed by atoms with E-state index in [1.54, 1.807) is 0 Å². The molecule has 3 amide bonds. The van der Waals surface area contributed by atoms with Crippen molar-refractivity contribution in [2.45, 2.75) is 51.6 Å². The molecule has 0 bridgehead atoms. The van der Waals surface area contributed by atoms with Gasteiger partial charge >= 0.3 is 0 Å². The third-order valence-electron chi connectivity index (χ3n) is 4.53. The minimum absolute atomic E-state index is 0.0205. The quantitative estimate of drug-likeness (QED) is 0.698. The third kappa shape index (κ3) is 2.85. The van der Waals surface area contributed by atoms with Gasteiger partial charge in [-0.1, -0.05) is 13.8 Å². The van der Waals surface area contributed by atoms with Gasteiger partial charge in [-0.15, -0.1) is 0 Å². The van der Waals surface area contributed by atoms with Crippen LogP contribution in [0.2, 0.25) is 0 Å². The van der Waals surface area contributed by atoms with Crippen LogP contribution in [-0.4, -0.2) is 41.2 Å². The largest absolute Gasteiger partial charge is 0.327 e. The van der Waals surface area contributed by atoms with Gasteiger partial charge in [0.25, 0.3) is 0 Å². The molecule has 0 spiro atoms. The topological polar surface area (TPSA) is 92.5 Å². The molecule has 4 unspecified atom stereocenters. The van der Waals surface area contributed by atoms with Crippen molar-refractivity contribution in [2.75, 3.05) is 6.54 Å². The third-order valence-corrected chi connectivity index (χ3v) is 4.53. The van der Waals surface area contributed by atoms with Gasteiger partial charge in [-0.2, -0.15) is 0 Å². The number of hydrogen-bond acceptors (Lipinski definition) is 4. The molecular weight excluding hydrogens is 258 g/mol. The van der Waals surface area contributed by atoms with Crippen molar-refractivity contribution >= 4 is 17.7 Å². The fraction of sp³-hybridized carbons (Fsp3) is 0.786.